The van der Waals surface area contributed by atoms with E-state index in [1.165, 1.54) is 25.7 Å². The van der Waals surface area contributed by atoms with E-state index in [0.717, 1.165) is 35.7 Å². The molecule has 3 aromatic heterocycles. The van der Waals surface area contributed by atoms with E-state index in [2.05, 4.69) is 15.2 Å². The van der Waals surface area contributed by atoms with Gasteiger partial charge in [-0.2, -0.15) is 5.10 Å². The molecule has 0 N–H and O–H groups in total. The van der Waals surface area contributed by atoms with Gasteiger partial charge in [0.05, 0.1) is 24.1 Å². The van der Waals surface area contributed by atoms with Crippen molar-refractivity contribution in [2.45, 2.75) is 64.8 Å². The van der Waals surface area contributed by atoms with Crippen LogP contribution in [0.2, 0.25) is 0 Å². The number of rotatable bonds is 5. The molecule has 0 bridgehead atoms. The molecule has 0 spiro atoms. The fourth-order valence-corrected chi connectivity index (χ4v) is 4.08. The summed E-state index contributed by atoms with van der Waals surface area (Å²) in [4.78, 5) is 9.35. The van der Waals surface area contributed by atoms with Crippen molar-refractivity contribution in [2.24, 2.45) is 0 Å². The molecule has 3 aromatic rings. The summed E-state index contributed by atoms with van der Waals surface area (Å²) in [5.41, 5.74) is 3.65. The molecule has 1 fully saturated rings. The van der Waals surface area contributed by atoms with Crippen LogP contribution in [0.15, 0.2) is 24.4 Å². The van der Waals surface area contributed by atoms with Gasteiger partial charge in [0.15, 0.2) is 5.82 Å². The molecule has 0 aromatic carbocycles. The lowest BCUT2D eigenvalue weighted by molar-refractivity contribution is 0.405. The lowest BCUT2D eigenvalue weighted by Crippen LogP contribution is -2.11. The third-order valence-corrected chi connectivity index (χ3v) is 5.45. The largest absolute Gasteiger partial charge is 0.251 e. The van der Waals surface area contributed by atoms with Crippen LogP contribution in [0.4, 0.5) is 4.39 Å². The third-order valence-electron chi connectivity index (χ3n) is 5.45. The van der Waals surface area contributed by atoms with Crippen molar-refractivity contribution in [3.05, 3.63) is 41.6 Å². The van der Waals surface area contributed by atoms with E-state index in [4.69, 9.17) is 4.98 Å². The van der Waals surface area contributed by atoms with Gasteiger partial charge < -0.3 is 0 Å². The summed E-state index contributed by atoms with van der Waals surface area (Å²) in [5.74, 6) is 1.86. The molecule has 0 saturated heterocycles. The van der Waals surface area contributed by atoms with Crippen molar-refractivity contribution in [3.63, 3.8) is 0 Å². The van der Waals surface area contributed by atoms with Crippen LogP contribution in [0, 0.1) is 13.8 Å². The highest BCUT2D eigenvalue weighted by Gasteiger charge is 2.22. The summed E-state index contributed by atoms with van der Waals surface area (Å²) >= 11 is 0. The zero-order chi connectivity index (χ0) is 19.5. The minimum absolute atomic E-state index is 0.253. The summed E-state index contributed by atoms with van der Waals surface area (Å²) in [6.45, 7) is 3.81. The first-order valence-corrected chi connectivity index (χ1v) is 10.2. The van der Waals surface area contributed by atoms with E-state index in [1.807, 2.05) is 36.7 Å². The molecule has 0 amide bonds. The van der Waals surface area contributed by atoms with Crippen LogP contribution in [0.1, 0.15) is 61.7 Å². The summed E-state index contributed by atoms with van der Waals surface area (Å²) in [6.07, 6.45) is 8.96. The molecule has 6 nitrogen and oxygen atoms in total. The van der Waals surface area contributed by atoms with Gasteiger partial charge in [0.25, 0.3) is 0 Å². The average molecular weight is 382 g/mol. The van der Waals surface area contributed by atoms with Crippen molar-refractivity contribution in [3.8, 4) is 17.2 Å². The summed E-state index contributed by atoms with van der Waals surface area (Å²) in [5, 5.41) is 9.08. The maximum atomic E-state index is 13.1. The SMILES string of the molecule is Cc1cc(C)n(-c2ccc(-c3nc(C4CCCCCC4)n(CCF)n3)nc2)n1. The molecule has 1 aliphatic carbocycles. The molecule has 3 heterocycles. The monoisotopic (exact) mass is 382 g/mol. The quantitative estimate of drug-likeness (QED) is 0.607. The molecule has 28 heavy (non-hydrogen) atoms. The first-order valence-electron chi connectivity index (χ1n) is 10.2. The summed E-state index contributed by atoms with van der Waals surface area (Å²) < 4.78 is 16.7. The van der Waals surface area contributed by atoms with Gasteiger partial charge in [0, 0.05) is 11.6 Å². The average Bonchev–Trinajstić information content (AvgIpc) is 3.14. The molecule has 1 saturated carbocycles. The van der Waals surface area contributed by atoms with E-state index < -0.39 is 6.67 Å². The highest BCUT2D eigenvalue weighted by atomic mass is 19.1. The second kappa shape index (κ2) is 8.20. The Labute approximate surface area is 164 Å². The van der Waals surface area contributed by atoms with Crippen molar-refractivity contribution >= 4 is 0 Å². The molecule has 148 valence electrons. The standard InChI is InChI=1S/C21H27FN6/c1-15-13-16(2)28(25-15)18-9-10-19(23-14-18)20-24-21(27(26-20)12-11-22)17-7-5-3-4-6-8-17/h9-10,13-14,17H,3-8,11-12H2,1-2H3. The fraction of sp³-hybridized carbons (Fsp3) is 0.524. The maximum Gasteiger partial charge on any atom is 0.200 e. The first kappa shape index (κ1) is 18.8. The van der Waals surface area contributed by atoms with Crippen LogP contribution >= 0.6 is 0 Å². The van der Waals surface area contributed by atoms with E-state index >= 15 is 0 Å². The number of aromatic nitrogens is 6. The van der Waals surface area contributed by atoms with Crippen LogP contribution in [-0.4, -0.2) is 36.2 Å². The van der Waals surface area contributed by atoms with Crippen LogP contribution in [0.25, 0.3) is 17.2 Å². The number of halogens is 1. The Morgan fingerprint density at radius 3 is 2.46 bits per heavy atom. The molecular formula is C21H27FN6. The van der Waals surface area contributed by atoms with Gasteiger partial charge >= 0.3 is 0 Å². The van der Waals surface area contributed by atoms with Crippen LogP contribution < -0.4 is 0 Å². The van der Waals surface area contributed by atoms with Gasteiger partial charge in [-0.15, -0.1) is 5.10 Å². The van der Waals surface area contributed by atoms with E-state index in [-0.39, 0.29) is 6.54 Å². The molecule has 0 radical (unpaired) electrons. The minimum atomic E-state index is -0.438. The lowest BCUT2D eigenvalue weighted by atomic mass is 9.99. The van der Waals surface area contributed by atoms with Crippen molar-refractivity contribution in [1.29, 1.82) is 0 Å². The smallest absolute Gasteiger partial charge is 0.200 e. The van der Waals surface area contributed by atoms with E-state index in [9.17, 15) is 4.39 Å². The maximum absolute atomic E-state index is 13.1. The number of hydrogen-bond acceptors (Lipinski definition) is 4. The molecular weight excluding hydrogens is 355 g/mol. The minimum Gasteiger partial charge on any atom is -0.251 e. The second-order valence-electron chi connectivity index (χ2n) is 7.63. The molecule has 0 unspecified atom stereocenters. The van der Waals surface area contributed by atoms with Crippen LogP contribution in [0.5, 0.6) is 0 Å². The van der Waals surface area contributed by atoms with Gasteiger partial charge in [-0.1, -0.05) is 25.7 Å². The lowest BCUT2D eigenvalue weighted by Gasteiger charge is -2.13. The Bertz CT molecular complexity index is 919. The van der Waals surface area contributed by atoms with Crippen LogP contribution in [-0.2, 0) is 6.54 Å². The van der Waals surface area contributed by atoms with Crippen LogP contribution in [0.3, 0.4) is 0 Å². The van der Waals surface area contributed by atoms with Gasteiger partial charge in [-0.05, 0) is 44.9 Å². The molecule has 0 atom stereocenters. The Hall–Kier alpha value is -2.57. The molecule has 0 aliphatic heterocycles. The zero-order valence-electron chi connectivity index (χ0n) is 16.6. The summed E-state index contributed by atoms with van der Waals surface area (Å²) in [7, 11) is 0. The van der Waals surface area contributed by atoms with Gasteiger partial charge in [0.1, 0.15) is 18.2 Å². The Balaban J connectivity index is 1.63. The third kappa shape index (κ3) is 3.84. The number of aryl methyl sites for hydroxylation is 3. The van der Waals surface area contributed by atoms with Crippen molar-refractivity contribution in [1.82, 2.24) is 29.5 Å². The number of alkyl halides is 1. The fourth-order valence-electron chi connectivity index (χ4n) is 4.08. The molecule has 7 heteroatoms. The molecule has 1 aliphatic rings. The Morgan fingerprint density at radius 2 is 1.86 bits per heavy atom. The number of pyridine rings is 1. The van der Waals surface area contributed by atoms with E-state index in [1.54, 1.807) is 10.9 Å². The van der Waals surface area contributed by atoms with E-state index in [0.29, 0.717) is 17.4 Å². The Kier molecular flexibility index (Phi) is 5.50. The first-order chi connectivity index (χ1) is 13.7. The number of nitrogens with zero attached hydrogens (tertiary/aromatic N) is 6. The topological polar surface area (TPSA) is 61.4 Å². The normalized spacial score (nSPS) is 15.7. The van der Waals surface area contributed by atoms with Crippen molar-refractivity contribution in [2.75, 3.05) is 6.67 Å². The number of hydrogen-bond donors (Lipinski definition) is 0. The van der Waals surface area contributed by atoms with Gasteiger partial charge in [-0.3, -0.25) is 4.98 Å². The van der Waals surface area contributed by atoms with Gasteiger partial charge in [0.2, 0.25) is 0 Å². The Morgan fingerprint density at radius 1 is 1.07 bits per heavy atom. The van der Waals surface area contributed by atoms with Crippen molar-refractivity contribution < 1.29 is 4.39 Å². The predicted molar refractivity (Wildman–Crippen MR) is 106 cm³/mol. The highest BCUT2D eigenvalue weighted by Crippen LogP contribution is 2.31. The van der Waals surface area contributed by atoms with Gasteiger partial charge in [-0.25, -0.2) is 18.7 Å². The predicted octanol–water partition coefficient (Wildman–Crippen LogP) is 4.55. The highest BCUT2D eigenvalue weighted by molar-refractivity contribution is 5.50. The zero-order valence-corrected chi connectivity index (χ0v) is 16.6. The summed E-state index contributed by atoms with van der Waals surface area (Å²) in [6, 6.07) is 5.92. The molecule has 4 rings (SSSR count). The second-order valence-corrected chi connectivity index (χ2v) is 7.63.